The van der Waals surface area contributed by atoms with Crippen LogP contribution in [0.5, 0.6) is 5.75 Å². The molecule has 0 aliphatic carbocycles. The maximum atomic E-state index is 13.0. The number of hydrogen-bond donors (Lipinski definition) is 1. The molecule has 0 spiro atoms. The fourth-order valence-corrected chi connectivity index (χ4v) is 4.76. The number of amides is 1. The molecule has 6 nitrogen and oxygen atoms in total. The molecule has 1 heterocycles. The molecule has 2 aromatic rings. The predicted molar refractivity (Wildman–Crippen MR) is 124 cm³/mol. The normalized spacial score (nSPS) is 17.6. The number of benzene rings is 2. The van der Waals surface area contributed by atoms with Gasteiger partial charge in [0.05, 0.1) is 18.0 Å². The Balaban J connectivity index is 1.83. The van der Waals surface area contributed by atoms with E-state index >= 15 is 0 Å². The van der Waals surface area contributed by atoms with Gasteiger partial charge in [-0.05, 0) is 50.5 Å². The molecule has 1 N–H and O–H groups in total. The molecule has 1 unspecified atom stereocenters. The van der Waals surface area contributed by atoms with Crippen molar-refractivity contribution in [2.75, 3.05) is 17.1 Å². The number of rotatable bonds is 6. The third kappa shape index (κ3) is 5.58. The van der Waals surface area contributed by atoms with Crippen LogP contribution in [-0.4, -0.2) is 32.7 Å². The van der Waals surface area contributed by atoms with Crippen molar-refractivity contribution in [3.63, 3.8) is 0 Å². The molecule has 0 fully saturated rings. The van der Waals surface area contributed by atoms with E-state index in [0.29, 0.717) is 18.0 Å². The Bertz CT molecular complexity index is 1060. The van der Waals surface area contributed by atoms with Gasteiger partial charge in [-0.3, -0.25) is 9.10 Å². The molecule has 0 saturated carbocycles. The van der Waals surface area contributed by atoms with Crippen LogP contribution >= 0.6 is 0 Å². The minimum Gasteiger partial charge on any atom is -0.487 e. The molecule has 0 radical (unpaired) electrons. The van der Waals surface area contributed by atoms with Gasteiger partial charge in [-0.15, -0.1) is 0 Å². The fourth-order valence-electron chi connectivity index (χ4n) is 3.90. The number of anilines is 1. The summed E-state index contributed by atoms with van der Waals surface area (Å²) in [5.41, 5.74) is 3.14. The van der Waals surface area contributed by atoms with Crippen molar-refractivity contribution in [2.45, 2.75) is 58.6 Å². The minimum absolute atomic E-state index is 0.254. The van der Waals surface area contributed by atoms with Crippen LogP contribution in [0.15, 0.2) is 42.5 Å². The molecule has 0 aromatic heterocycles. The first-order valence-corrected chi connectivity index (χ1v) is 12.4. The Hall–Kier alpha value is -2.54. The number of carbonyl (C=O) groups excluding carboxylic acids is 1. The lowest BCUT2D eigenvalue weighted by Gasteiger charge is -2.38. The van der Waals surface area contributed by atoms with Crippen molar-refractivity contribution in [2.24, 2.45) is 0 Å². The van der Waals surface area contributed by atoms with Crippen LogP contribution in [0.4, 0.5) is 5.69 Å². The van der Waals surface area contributed by atoms with Crippen LogP contribution in [0.1, 0.15) is 62.8 Å². The van der Waals surface area contributed by atoms with Gasteiger partial charge in [0.1, 0.15) is 17.9 Å². The zero-order valence-corrected chi connectivity index (χ0v) is 19.9. The van der Waals surface area contributed by atoms with Gasteiger partial charge in [-0.25, -0.2) is 8.42 Å². The van der Waals surface area contributed by atoms with Gasteiger partial charge in [0.15, 0.2) is 0 Å². The smallest absolute Gasteiger partial charge is 0.241 e. The second-order valence-electron chi connectivity index (χ2n) is 9.24. The standard InChI is InChI=1S/C24H32N2O4S/c1-16(2)18-8-10-19(11-9-18)26(31(6,28)29)15-23(27)25-21-14-24(4,5)30-22-12-7-17(3)13-20(21)22/h7-13,16,21H,14-15H2,1-6H3,(H,25,27). The maximum Gasteiger partial charge on any atom is 0.241 e. The Morgan fingerprint density at radius 2 is 1.84 bits per heavy atom. The second-order valence-corrected chi connectivity index (χ2v) is 11.1. The molecular weight excluding hydrogens is 412 g/mol. The third-order valence-corrected chi connectivity index (χ3v) is 6.63. The van der Waals surface area contributed by atoms with Crippen molar-refractivity contribution in [1.82, 2.24) is 5.32 Å². The number of fused-ring (bicyclic) bond motifs is 1. The van der Waals surface area contributed by atoms with Crippen LogP contribution in [0.2, 0.25) is 0 Å². The summed E-state index contributed by atoms with van der Waals surface area (Å²) in [6, 6.07) is 13.0. The molecule has 3 rings (SSSR count). The van der Waals surface area contributed by atoms with E-state index < -0.39 is 15.6 Å². The number of carbonyl (C=O) groups is 1. The van der Waals surface area contributed by atoms with E-state index in [1.54, 1.807) is 12.1 Å². The average molecular weight is 445 g/mol. The lowest BCUT2D eigenvalue weighted by molar-refractivity contribution is -0.120. The van der Waals surface area contributed by atoms with Gasteiger partial charge in [0, 0.05) is 12.0 Å². The van der Waals surface area contributed by atoms with Crippen LogP contribution in [0, 0.1) is 6.92 Å². The molecule has 168 valence electrons. The molecule has 1 amide bonds. The molecule has 1 aliphatic rings. The van der Waals surface area contributed by atoms with E-state index in [2.05, 4.69) is 19.2 Å². The van der Waals surface area contributed by atoms with E-state index in [9.17, 15) is 13.2 Å². The predicted octanol–water partition coefficient (Wildman–Crippen LogP) is 4.30. The van der Waals surface area contributed by atoms with Crippen molar-refractivity contribution < 1.29 is 17.9 Å². The Morgan fingerprint density at radius 1 is 1.19 bits per heavy atom. The van der Waals surface area contributed by atoms with Crippen molar-refractivity contribution >= 4 is 21.6 Å². The average Bonchev–Trinajstić information content (AvgIpc) is 2.65. The summed E-state index contributed by atoms with van der Waals surface area (Å²) in [7, 11) is -3.63. The quantitative estimate of drug-likeness (QED) is 0.721. The molecule has 1 aliphatic heterocycles. The van der Waals surface area contributed by atoms with E-state index in [-0.39, 0.29) is 18.5 Å². The summed E-state index contributed by atoms with van der Waals surface area (Å²) in [5, 5.41) is 3.03. The van der Waals surface area contributed by atoms with Gasteiger partial charge in [0.2, 0.25) is 15.9 Å². The number of nitrogens with one attached hydrogen (secondary N) is 1. The van der Waals surface area contributed by atoms with Crippen LogP contribution in [0.25, 0.3) is 0 Å². The van der Waals surface area contributed by atoms with Crippen molar-refractivity contribution in [3.8, 4) is 5.75 Å². The number of sulfonamides is 1. The number of ether oxygens (including phenoxy) is 1. The van der Waals surface area contributed by atoms with Crippen LogP contribution in [-0.2, 0) is 14.8 Å². The van der Waals surface area contributed by atoms with Crippen LogP contribution in [0.3, 0.4) is 0 Å². The highest BCUT2D eigenvalue weighted by atomic mass is 32.2. The zero-order chi connectivity index (χ0) is 23.0. The summed E-state index contributed by atoms with van der Waals surface area (Å²) in [4.78, 5) is 13.0. The summed E-state index contributed by atoms with van der Waals surface area (Å²) in [6.45, 7) is 9.82. The number of aryl methyl sites for hydroxylation is 1. The summed E-state index contributed by atoms with van der Waals surface area (Å²) in [5.74, 6) is 0.731. The zero-order valence-electron chi connectivity index (χ0n) is 19.1. The first kappa shape index (κ1) is 23.1. The Labute approximate surface area is 185 Å². The van der Waals surface area contributed by atoms with Crippen molar-refractivity contribution in [3.05, 3.63) is 59.2 Å². The highest BCUT2D eigenvalue weighted by Crippen LogP contribution is 2.39. The third-order valence-electron chi connectivity index (χ3n) is 5.49. The van der Waals surface area contributed by atoms with Crippen LogP contribution < -0.4 is 14.4 Å². The first-order valence-electron chi connectivity index (χ1n) is 10.5. The molecule has 31 heavy (non-hydrogen) atoms. The largest absolute Gasteiger partial charge is 0.487 e. The summed E-state index contributed by atoms with van der Waals surface area (Å²) < 4.78 is 32.1. The minimum atomic E-state index is -3.63. The van der Waals surface area contributed by atoms with E-state index in [1.165, 1.54) is 0 Å². The summed E-state index contributed by atoms with van der Waals surface area (Å²) >= 11 is 0. The molecular formula is C24H32N2O4S. The topological polar surface area (TPSA) is 75.7 Å². The van der Waals surface area contributed by atoms with Gasteiger partial charge in [0.25, 0.3) is 0 Å². The molecule has 0 bridgehead atoms. The van der Waals surface area contributed by atoms with E-state index in [1.807, 2.05) is 51.1 Å². The summed E-state index contributed by atoms with van der Waals surface area (Å²) in [6.07, 6.45) is 1.71. The SMILES string of the molecule is Cc1ccc2c(c1)C(NC(=O)CN(c1ccc(C(C)C)cc1)S(C)(=O)=O)CC(C)(C)O2. The van der Waals surface area contributed by atoms with E-state index in [4.69, 9.17) is 4.74 Å². The van der Waals surface area contributed by atoms with Gasteiger partial charge >= 0.3 is 0 Å². The number of hydrogen-bond acceptors (Lipinski definition) is 4. The van der Waals surface area contributed by atoms with Gasteiger partial charge in [-0.2, -0.15) is 0 Å². The lowest BCUT2D eigenvalue weighted by Crippen LogP contribution is -2.45. The highest BCUT2D eigenvalue weighted by molar-refractivity contribution is 7.92. The first-order chi connectivity index (χ1) is 14.4. The van der Waals surface area contributed by atoms with Gasteiger partial charge in [-0.1, -0.05) is 43.7 Å². The molecule has 7 heteroatoms. The fraction of sp³-hybridized carbons (Fsp3) is 0.458. The second kappa shape index (κ2) is 8.54. The lowest BCUT2D eigenvalue weighted by atomic mass is 9.89. The van der Waals surface area contributed by atoms with Gasteiger partial charge < -0.3 is 10.1 Å². The van der Waals surface area contributed by atoms with E-state index in [0.717, 1.165) is 33.0 Å². The number of nitrogens with zero attached hydrogens (tertiary/aromatic N) is 1. The molecule has 2 aromatic carbocycles. The Morgan fingerprint density at radius 3 is 2.42 bits per heavy atom. The Kier molecular flexibility index (Phi) is 6.37. The maximum absolute atomic E-state index is 13.0. The highest BCUT2D eigenvalue weighted by Gasteiger charge is 2.35. The van der Waals surface area contributed by atoms with Crippen molar-refractivity contribution in [1.29, 1.82) is 0 Å². The monoisotopic (exact) mass is 444 g/mol. The molecule has 1 atom stereocenters. The molecule has 0 saturated heterocycles.